The van der Waals surface area contributed by atoms with Crippen LogP contribution in [0.15, 0.2) is 30.8 Å². The molecule has 2 unspecified atom stereocenters. The Morgan fingerprint density at radius 3 is 3.11 bits per heavy atom. The van der Waals surface area contributed by atoms with E-state index < -0.39 is 11.8 Å². The van der Waals surface area contributed by atoms with E-state index in [1.807, 2.05) is 18.2 Å². The zero-order valence-corrected chi connectivity index (χ0v) is 10.7. The van der Waals surface area contributed by atoms with Crippen LogP contribution < -0.4 is 5.32 Å². The molecular weight excluding hydrogens is 242 g/mol. The lowest BCUT2D eigenvalue weighted by Gasteiger charge is -2.10. The molecule has 4 nitrogen and oxygen atoms in total. The van der Waals surface area contributed by atoms with Gasteiger partial charge >= 0.3 is 0 Å². The molecule has 4 heteroatoms. The van der Waals surface area contributed by atoms with Crippen LogP contribution >= 0.6 is 0 Å². The highest BCUT2D eigenvalue weighted by Gasteiger charge is 2.28. The fraction of sp³-hybridized carbons (Fsp3) is 0.333. The van der Waals surface area contributed by atoms with E-state index in [4.69, 9.17) is 4.74 Å². The Balaban J connectivity index is 1.84. The van der Waals surface area contributed by atoms with Crippen LogP contribution in [-0.2, 0) is 20.7 Å². The van der Waals surface area contributed by atoms with Gasteiger partial charge in [0.15, 0.2) is 6.29 Å². The van der Waals surface area contributed by atoms with Gasteiger partial charge in [0.05, 0.1) is 12.6 Å². The second-order valence-electron chi connectivity index (χ2n) is 4.55. The van der Waals surface area contributed by atoms with Gasteiger partial charge in [-0.15, -0.1) is 0 Å². The number of ketones is 1. The highest BCUT2D eigenvalue weighted by molar-refractivity contribution is 6.27. The topological polar surface area (TPSA) is 55.4 Å². The highest BCUT2D eigenvalue weighted by atomic mass is 16.5. The average Bonchev–Trinajstić information content (AvgIpc) is 2.93. The number of carbonyl (C=O) groups is 2. The minimum absolute atomic E-state index is 0.165. The number of Topliss-reactive ketones (excluding diaryl/α,β-unsaturated/α-hetero) is 1. The molecule has 1 aromatic rings. The van der Waals surface area contributed by atoms with Crippen LogP contribution in [0.2, 0.25) is 0 Å². The first-order valence-electron chi connectivity index (χ1n) is 6.31. The fourth-order valence-corrected chi connectivity index (χ4v) is 2.12. The second kappa shape index (κ2) is 6.41. The molecule has 0 saturated carbocycles. The molecule has 0 radical (unpaired) electrons. The van der Waals surface area contributed by atoms with E-state index in [2.05, 4.69) is 24.0 Å². The summed E-state index contributed by atoms with van der Waals surface area (Å²) in [6, 6.07) is 7.64. The zero-order chi connectivity index (χ0) is 13.7. The molecule has 19 heavy (non-hydrogen) atoms. The van der Waals surface area contributed by atoms with Crippen molar-refractivity contribution in [3.8, 4) is 0 Å². The van der Waals surface area contributed by atoms with Gasteiger partial charge in [-0.05, 0) is 24.0 Å². The van der Waals surface area contributed by atoms with Crippen LogP contribution in [0.5, 0.6) is 0 Å². The molecule has 1 fully saturated rings. The van der Waals surface area contributed by atoms with Gasteiger partial charge in [0.25, 0.3) is 0 Å². The third-order valence-electron chi connectivity index (χ3n) is 3.19. The van der Waals surface area contributed by atoms with Crippen LogP contribution in [0.1, 0.15) is 17.5 Å². The lowest BCUT2D eigenvalue weighted by molar-refractivity contribution is -0.131. The van der Waals surface area contributed by atoms with E-state index >= 15 is 0 Å². The Morgan fingerprint density at radius 1 is 1.53 bits per heavy atom. The summed E-state index contributed by atoms with van der Waals surface area (Å²) in [6.07, 6.45) is 3.61. The van der Waals surface area contributed by atoms with Crippen molar-refractivity contribution >= 4 is 18.1 Å². The number of nitrogens with one attached hydrogen (secondary N) is 1. The number of hydrogen-bond acceptors (Lipinski definition) is 4. The first-order valence-corrected chi connectivity index (χ1v) is 6.31. The molecule has 0 bridgehead atoms. The molecule has 2 atom stereocenters. The quantitative estimate of drug-likeness (QED) is 0.619. The van der Waals surface area contributed by atoms with Gasteiger partial charge in [-0.2, -0.15) is 0 Å². The predicted octanol–water partition coefficient (Wildman–Crippen LogP) is 1.34. The molecule has 0 amide bonds. The third kappa shape index (κ3) is 3.59. The number of aldehydes is 1. The normalized spacial score (nSPS) is 22.1. The number of rotatable bonds is 6. The maximum Gasteiger partial charge on any atom is 0.214 e. The van der Waals surface area contributed by atoms with Crippen LogP contribution in [0.25, 0.3) is 6.08 Å². The summed E-state index contributed by atoms with van der Waals surface area (Å²) in [7, 11) is 0. The summed E-state index contributed by atoms with van der Waals surface area (Å²) >= 11 is 0. The van der Waals surface area contributed by atoms with Gasteiger partial charge in [0.1, 0.15) is 6.23 Å². The fourth-order valence-electron chi connectivity index (χ4n) is 2.12. The minimum atomic E-state index is -0.484. The number of ether oxygens (including phenoxy) is 1. The van der Waals surface area contributed by atoms with E-state index in [-0.39, 0.29) is 12.8 Å². The zero-order valence-electron chi connectivity index (χ0n) is 10.7. The van der Waals surface area contributed by atoms with Gasteiger partial charge in [-0.25, -0.2) is 0 Å². The van der Waals surface area contributed by atoms with E-state index in [1.54, 1.807) is 0 Å². The van der Waals surface area contributed by atoms with E-state index in [0.717, 1.165) is 18.4 Å². The molecule has 1 heterocycles. The van der Waals surface area contributed by atoms with Gasteiger partial charge in [-0.1, -0.05) is 36.9 Å². The maximum absolute atomic E-state index is 11.2. The van der Waals surface area contributed by atoms with E-state index in [1.165, 1.54) is 5.56 Å². The van der Waals surface area contributed by atoms with Crippen molar-refractivity contribution in [1.29, 1.82) is 0 Å². The summed E-state index contributed by atoms with van der Waals surface area (Å²) in [4.78, 5) is 21.6. The van der Waals surface area contributed by atoms with Crippen LogP contribution in [0.4, 0.5) is 0 Å². The Kier molecular flexibility index (Phi) is 4.60. The van der Waals surface area contributed by atoms with Crippen molar-refractivity contribution in [3.63, 3.8) is 0 Å². The lowest BCUT2D eigenvalue weighted by atomic mass is 10.1. The molecule has 2 rings (SSSR count). The molecule has 0 aromatic heterocycles. The predicted molar refractivity (Wildman–Crippen MR) is 72.6 cm³/mol. The van der Waals surface area contributed by atoms with Crippen LogP contribution in [0, 0.1) is 0 Å². The molecular formula is C15H17NO3. The van der Waals surface area contributed by atoms with Gasteiger partial charge < -0.3 is 4.74 Å². The van der Waals surface area contributed by atoms with Crippen molar-refractivity contribution in [2.45, 2.75) is 25.1 Å². The molecule has 1 N–H and O–H groups in total. The summed E-state index contributed by atoms with van der Waals surface area (Å²) < 4.78 is 5.46. The summed E-state index contributed by atoms with van der Waals surface area (Å²) in [5, 5.41) is 3.02. The Hall–Kier alpha value is -1.78. The summed E-state index contributed by atoms with van der Waals surface area (Å²) in [6.45, 7) is 4.01. The van der Waals surface area contributed by atoms with Crippen LogP contribution in [0.3, 0.4) is 0 Å². The second-order valence-corrected chi connectivity index (χ2v) is 4.55. The Morgan fingerprint density at radius 2 is 2.37 bits per heavy atom. The lowest BCUT2D eigenvalue weighted by Crippen LogP contribution is -2.37. The molecule has 1 aliphatic heterocycles. The standard InChI is InChI=1S/C15H17NO3/c1-2-11-4-3-5-12(8-11)6-7-15-16-13(10-19-15)14(18)9-17/h2-5,8-9,13,15-16H,1,6-7,10H2. The summed E-state index contributed by atoms with van der Waals surface area (Å²) in [5.74, 6) is -0.448. The van der Waals surface area contributed by atoms with Crippen molar-refractivity contribution in [1.82, 2.24) is 5.32 Å². The van der Waals surface area contributed by atoms with E-state index in [9.17, 15) is 9.59 Å². The monoisotopic (exact) mass is 259 g/mol. The van der Waals surface area contributed by atoms with Crippen molar-refractivity contribution < 1.29 is 14.3 Å². The van der Waals surface area contributed by atoms with Crippen molar-refractivity contribution in [3.05, 3.63) is 42.0 Å². The van der Waals surface area contributed by atoms with Crippen LogP contribution in [-0.4, -0.2) is 30.9 Å². The smallest absolute Gasteiger partial charge is 0.214 e. The van der Waals surface area contributed by atoms with Gasteiger partial charge in [0, 0.05) is 0 Å². The number of benzene rings is 1. The Bertz CT molecular complexity index is 484. The molecule has 1 saturated heterocycles. The first-order chi connectivity index (χ1) is 9.22. The SMILES string of the molecule is C=Cc1cccc(CCC2NC(C(=O)C=O)CO2)c1. The largest absolute Gasteiger partial charge is 0.361 e. The van der Waals surface area contributed by atoms with Crippen molar-refractivity contribution in [2.24, 2.45) is 0 Å². The van der Waals surface area contributed by atoms with Gasteiger partial charge in [-0.3, -0.25) is 14.9 Å². The molecule has 100 valence electrons. The summed E-state index contributed by atoms with van der Waals surface area (Å²) in [5.41, 5.74) is 2.29. The third-order valence-corrected chi connectivity index (χ3v) is 3.19. The highest BCUT2D eigenvalue weighted by Crippen LogP contribution is 2.13. The van der Waals surface area contributed by atoms with Gasteiger partial charge in [0.2, 0.25) is 5.78 Å². The van der Waals surface area contributed by atoms with Crippen molar-refractivity contribution in [2.75, 3.05) is 6.61 Å². The molecule has 1 aliphatic rings. The number of aryl methyl sites for hydroxylation is 1. The first kappa shape index (κ1) is 13.6. The Labute approximate surface area is 112 Å². The maximum atomic E-state index is 11.2. The number of hydrogen-bond donors (Lipinski definition) is 1. The molecule has 0 aliphatic carbocycles. The van der Waals surface area contributed by atoms with E-state index in [0.29, 0.717) is 6.29 Å². The molecule has 1 aromatic carbocycles. The number of carbonyl (C=O) groups excluding carboxylic acids is 2. The minimum Gasteiger partial charge on any atom is -0.361 e. The molecule has 0 spiro atoms. The average molecular weight is 259 g/mol.